The van der Waals surface area contributed by atoms with Gasteiger partial charge in [0.05, 0.1) is 5.69 Å². The third kappa shape index (κ3) is 2.81. The number of nitrogens with one attached hydrogen (secondary N) is 2. The highest BCUT2D eigenvalue weighted by molar-refractivity contribution is 5.92. The van der Waals surface area contributed by atoms with Gasteiger partial charge in [-0.15, -0.1) is 0 Å². The fraction of sp³-hybridized carbons (Fsp3) is 0.391. The number of H-pyrrole nitrogens is 1. The second-order valence-electron chi connectivity index (χ2n) is 8.34. The summed E-state index contributed by atoms with van der Waals surface area (Å²) in [6.45, 7) is 8.90. The molecule has 4 heterocycles. The Bertz CT molecular complexity index is 1140. The largest absolute Gasteiger partial charge is 0.354 e. The van der Waals surface area contributed by atoms with E-state index in [1.165, 1.54) is 46.1 Å². The molecule has 1 aliphatic heterocycles. The molecule has 0 unspecified atom stereocenters. The van der Waals surface area contributed by atoms with Crippen LogP contribution in [0.3, 0.4) is 0 Å². The Morgan fingerprint density at radius 2 is 1.96 bits per heavy atom. The first-order chi connectivity index (χ1) is 13.6. The average molecular weight is 374 g/mol. The summed E-state index contributed by atoms with van der Waals surface area (Å²) in [5.41, 5.74) is 8.51. The van der Waals surface area contributed by atoms with E-state index in [0.29, 0.717) is 11.8 Å². The van der Waals surface area contributed by atoms with Crippen LogP contribution in [0.25, 0.3) is 27.8 Å². The second kappa shape index (κ2) is 6.74. The Morgan fingerprint density at radius 3 is 2.75 bits per heavy atom. The van der Waals surface area contributed by atoms with Crippen molar-refractivity contribution in [3.8, 4) is 11.3 Å². The Morgan fingerprint density at radius 1 is 1.14 bits per heavy atom. The predicted octanol–water partition coefficient (Wildman–Crippen LogP) is 4.78. The molecule has 0 saturated carbocycles. The van der Waals surface area contributed by atoms with Crippen molar-refractivity contribution in [2.45, 2.75) is 45.4 Å². The van der Waals surface area contributed by atoms with E-state index in [-0.39, 0.29) is 0 Å². The molecular weight excluding hydrogens is 346 g/mol. The topological polar surface area (TPSA) is 58.0 Å². The van der Waals surface area contributed by atoms with Gasteiger partial charge in [-0.3, -0.25) is 0 Å². The molecule has 1 aromatic carbocycles. The minimum atomic E-state index is 0.429. The number of aromatic amines is 1. The Labute approximate surface area is 165 Å². The molecule has 0 atom stereocenters. The van der Waals surface area contributed by atoms with Gasteiger partial charge in [0.25, 0.3) is 0 Å². The van der Waals surface area contributed by atoms with Crippen molar-refractivity contribution in [2.75, 3.05) is 13.1 Å². The summed E-state index contributed by atoms with van der Waals surface area (Å²) in [5.74, 6) is 1.09. The highest BCUT2D eigenvalue weighted by Gasteiger charge is 2.20. The molecule has 0 aliphatic carbocycles. The number of fused-ring (bicyclic) bond motifs is 2. The number of rotatable bonds is 3. The number of aryl methyl sites for hydroxylation is 1. The van der Waals surface area contributed by atoms with E-state index >= 15 is 0 Å². The zero-order chi connectivity index (χ0) is 19.3. The number of pyridine rings is 1. The molecule has 1 aliphatic rings. The van der Waals surface area contributed by atoms with Crippen LogP contribution >= 0.6 is 0 Å². The maximum Gasteiger partial charge on any atom is 0.158 e. The zero-order valence-electron chi connectivity index (χ0n) is 16.8. The molecule has 28 heavy (non-hydrogen) atoms. The van der Waals surface area contributed by atoms with Crippen LogP contribution in [0.4, 0.5) is 0 Å². The van der Waals surface area contributed by atoms with E-state index in [1.54, 1.807) is 6.33 Å². The van der Waals surface area contributed by atoms with Crippen LogP contribution in [0.1, 0.15) is 55.2 Å². The highest BCUT2D eigenvalue weighted by atomic mass is 15.3. The molecule has 1 saturated heterocycles. The van der Waals surface area contributed by atoms with E-state index in [4.69, 9.17) is 0 Å². The van der Waals surface area contributed by atoms with Gasteiger partial charge in [-0.25, -0.2) is 9.50 Å². The predicted molar refractivity (Wildman–Crippen MR) is 114 cm³/mol. The van der Waals surface area contributed by atoms with Gasteiger partial charge >= 0.3 is 0 Å². The Hall–Kier alpha value is -2.66. The molecule has 0 amide bonds. The smallest absolute Gasteiger partial charge is 0.158 e. The van der Waals surface area contributed by atoms with Crippen molar-refractivity contribution in [2.24, 2.45) is 0 Å². The molecule has 0 radical (unpaired) electrons. The molecule has 0 spiro atoms. The molecule has 2 N–H and O–H groups in total. The summed E-state index contributed by atoms with van der Waals surface area (Å²) in [4.78, 5) is 8.06. The van der Waals surface area contributed by atoms with Crippen molar-refractivity contribution < 1.29 is 0 Å². The van der Waals surface area contributed by atoms with Crippen LogP contribution < -0.4 is 5.32 Å². The number of piperidine rings is 1. The van der Waals surface area contributed by atoms with Crippen molar-refractivity contribution >= 4 is 16.6 Å². The van der Waals surface area contributed by atoms with Crippen LogP contribution in [0, 0.1) is 6.92 Å². The van der Waals surface area contributed by atoms with Crippen LogP contribution in [-0.4, -0.2) is 32.7 Å². The summed E-state index contributed by atoms with van der Waals surface area (Å²) in [6, 6.07) is 9.23. The van der Waals surface area contributed by atoms with E-state index in [0.717, 1.165) is 24.3 Å². The first-order valence-corrected chi connectivity index (χ1v) is 10.3. The van der Waals surface area contributed by atoms with Gasteiger partial charge in [-0.1, -0.05) is 19.9 Å². The molecule has 5 nitrogen and oxygen atoms in total. The minimum Gasteiger partial charge on any atom is -0.354 e. The lowest BCUT2D eigenvalue weighted by Crippen LogP contribution is -2.26. The van der Waals surface area contributed by atoms with Gasteiger partial charge in [-0.05, 0) is 79.6 Å². The summed E-state index contributed by atoms with van der Waals surface area (Å²) in [6.07, 6.45) is 6.15. The fourth-order valence-electron chi connectivity index (χ4n) is 4.70. The molecular formula is C23H27N5. The SMILES string of the molecule is Cc1cc(-c2[nH]c3ccc(C4CCNCC4)cc3c2C(C)C)cn2ncnc12. The van der Waals surface area contributed by atoms with Crippen LogP contribution in [0.15, 0.2) is 36.8 Å². The van der Waals surface area contributed by atoms with E-state index in [1.807, 2.05) is 4.52 Å². The Kier molecular flexibility index (Phi) is 4.20. The summed E-state index contributed by atoms with van der Waals surface area (Å²) in [5, 5.41) is 9.19. The van der Waals surface area contributed by atoms with Crippen molar-refractivity contribution in [3.63, 3.8) is 0 Å². The molecule has 5 rings (SSSR count). The lowest BCUT2D eigenvalue weighted by atomic mass is 9.88. The van der Waals surface area contributed by atoms with Gasteiger partial charge in [0.15, 0.2) is 5.65 Å². The van der Waals surface area contributed by atoms with Crippen molar-refractivity contribution in [3.05, 3.63) is 53.5 Å². The second-order valence-corrected chi connectivity index (χ2v) is 8.34. The summed E-state index contributed by atoms with van der Waals surface area (Å²) >= 11 is 0. The quantitative estimate of drug-likeness (QED) is 0.543. The standard InChI is InChI=1S/C23H27N5/c1-14(2)21-19-11-17(16-6-8-24-9-7-16)4-5-20(19)27-22(21)18-10-15(3)23-25-13-26-28(23)12-18/h4-5,10-14,16,24,27H,6-9H2,1-3H3. The number of benzene rings is 1. The van der Waals surface area contributed by atoms with Gasteiger partial charge in [0.1, 0.15) is 6.33 Å². The third-order valence-electron chi connectivity index (χ3n) is 6.10. The fourth-order valence-corrected chi connectivity index (χ4v) is 4.70. The summed E-state index contributed by atoms with van der Waals surface area (Å²) in [7, 11) is 0. The number of hydrogen-bond donors (Lipinski definition) is 2. The Balaban J connectivity index is 1.68. The van der Waals surface area contributed by atoms with Crippen molar-refractivity contribution in [1.29, 1.82) is 0 Å². The molecule has 0 bridgehead atoms. The van der Waals surface area contributed by atoms with Gasteiger partial charge < -0.3 is 10.3 Å². The van der Waals surface area contributed by atoms with Crippen molar-refractivity contribution in [1.82, 2.24) is 24.9 Å². The molecule has 4 aromatic rings. The lowest BCUT2D eigenvalue weighted by molar-refractivity contribution is 0.460. The highest BCUT2D eigenvalue weighted by Crippen LogP contribution is 2.38. The average Bonchev–Trinajstić information content (AvgIpc) is 3.32. The van der Waals surface area contributed by atoms with Gasteiger partial charge in [0, 0.05) is 22.7 Å². The third-order valence-corrected chi connectivity index (χ3v) is 6.10. The first-order valence-electron chi connectivity index (χ1n) is 10.3. The first kappa shape index (κ1) is 17.4. The van der Waals surface area contributed by atoms with Crippen LogP contribution in [-0.2, 0) is 0 Å². The normalized spacial score (nSPS) is 15.9. The van der Waals surface area contributed by atoms with E-state index in [9.17, 15) is 0 Å². The number of aromatic nitrogens is 4. The van der Waals surface area contributed by atoms with Gasteiger partial charge in [-0.2, -0.15) is 5.10 Å². The van der Waals surface area contributed by atoms with Gasteiger partial charge in [0.2, 0.25) is 0 Å². The van der Waals surface area contributed by atoms with E-state index < -0.39 is 0 Å². The zero-order valence-corrected chi connectivity index (χ0v) is 16.8. The maximum atomic E-state index is 4.36. The monoisotopic (exact) mass is 373 g/mol. The lowest BCUT2D eigenvalue weighted by Gasteiger charge is -2.23. The maximum absolute atomic E-state index is 4.36. The summed E-state index contributed by atoms with van der Waals surface area (Å²) < 4.78 is 1.88. The molecule has 5 heteroatoms. The molecule has 1 fully saturated rings. The molecule has 144 valence electrons. The van der Waals surface area contributed by atoms with E-state index in [2.05, 4.69) is 71.6 Å². The number of hydrogen-bond acceptors (Lipinski definition) is 3. The number of nitrogens with zero attached hydrogens (tertiary/aromatic N) is 3. The minimum absolute atomic E-state index is 0.429. The molecule has 3 aromatic heterocycles. The van der Waals surface area contributed by atoms with Crippen LogP contribution in [0.2, 0.25) is 0 Å². The van der Waals surface area contributed by atoms with Crippen LogP contribution in [0.5, 0.6) is 0 Å².